The fourth-order valence-corrected chi connectivity index (χ4v) is 4.06. The minimum atomic E-state index is -0.520. The van der Waals surface area contributed by atoms with Crippen LogP contribution >= 0.6 is 0 Å². The van der Waals surface area contributed by atoms with Crippen LogP contribution in [0.1, 0.15) is 46.7 Å². The first-order chi connectivity index (χ1) is 15.9. The maximum atomic E-state index is 12.7. The zero-order valence-corrected chi connectivity index (χ0v) is 18.8. The molecular formula is C25H27N3O5. The summed E-state index contributed by atoms with van der Waals surface area (Å²) in [6.45, 7) is 6.61. The lowest BCUT2D eigenvalue weighted by Gasteiger charge is -2.25. The van der Waals surface area contributed by atoms with Gasteiger partial charge in [-0.05, 0) is 75.2 Å². The zero-order chi connectivity index (χ0) is 23.4. The molecule has 8 nitrogen and oxygen atoms in total. The van der Waals surface area contributed by atoms with Crippen molar-refractivity contribution in [3.05, 3.63) is 81.3 Å². The number of furan rings is 1. The molecule has 1 aliphatic rings. The van der Waals surface area contributed by atoms with E-state index in [9.17, 15) is 14.9 Å². The summed E-state index contributed by atoms with van der Waals surface area (Å²) < 4.78 is 11.6. The second kappa shape index (κ2) is 9.87. The van der Waals surface area contributed by atoms with E-state index in [1.54, 1.807) is 18.2 Å². The lowest BCUT2D eigenvalue weighted by molar-refractivity contribution is -0.384. The van der Waals surface area contributed by atoms with Gasteiger partial charge < -0.3 is 14.5 Å². The fourth-order valence-electron chi connectivity index (χ4n) is 4.06. The third kappa shape index (κ3) is 5.98. The first kappa shape index (κ1) is 22.5. The monoisotopic (exact) mass is 449 g/mol. The summed E-state index contributed by atoms with van der Waals surface area (Å²) >= 11 is 0. The van der Waals surface area contributed by atoms with Crippen LogP contribution in [-0.2, 0) is 6.54 Å². The molecule has 8 heteroatoms. The third-order valence-corrected chi connectivity index (χ3v) is 5.50. The van der Waals surface area contributed by atoms with Gasteiger partial charge in [0, 0.05) is 12.1 Å². The summed E-state index contributed by atoms with van der Waals surface area (Å²) in [6.07, 6.45) is 3.60. The highest BCUT2D eigenvalue weighted by Crippen LogP contribution is 2.31. The Bertz CT molecular complexity index is 1140. The molecule has 1 amide bonds. The lowest BCUT2D eigenvalue weighted by Crippen LogP contribution is -2.28. The number of carbonyl (C=O) groups excluding carboxylic acids is 1. The van der Waals surface area contributed by atoms with Crippen molar-refractivity contribution in [3.8, 4) is 11.5 Å². The van der Waals surface area contributed by atoms with Gasteiger partial charge in [-0.25, -0.2) is 0 Å². The molecule has 2 heterocycles. The summed E-state index contributed by atoms with van der Waals surface area (Å²) in [5.41, 5.74) is 2.10. The van der Waals surface area contributed by atoms with E-state index in [-0.39, 0.29) is 22.9 Å². The number of nitro benzene ring substituents is 1. The molecule has 0 radical (unpaired) electrons. The van der Waals surface area contributed by atoms with Crippen molar-refractivity contribution >= 4 is 17.3 Å². The quantitative estimate of drug-likeness (QED) is 0.360. The molecule has 4 rings (SSSR count). The van der Waals surface area contributed by atoms with Crippen LogP contribution in [0.5, 0.6) is 11.5 Å². The molecule has 1 fully saturated rings. The number of benzene rings is 2. The van der Waals surface area contributed by atoms with Crippen molar-refractivity contribution in [3.63, 3.8) is 0 Å². The number of aryl methyl sites for hydroxylation is 2. The third-order valence-electron chi connectivity index (χ3n) is 5.50. The number of rotatable bonds is 7. The molecule has 33 heavy (non-hydrogen) atoms. The van der Waals surface area contributed by atoms with Crippen LogP contribution < -0.4 is 10.1 Å². The highest BCUT2D eigenvalue weighted by atomic mass is 16.6. The highest BCUT2D eigenvalue weighted by molar-refractivity contribution is 6.02. The Morgan fingerprint density at radius 2 is 1.73 bits per heavy atom. The van der Waals surface area contributed by atoms with Gasteiger partial charge in [0.2, 0.25) is 0 Å². The second-order valence-electron chi connectivity index (χ2n) is 8.46. The molecule has 0 aliphatic carbocycles. The maximum Gasteiger partial charge on any atom is 0.291 e. The number of hydrogen-bond donors (Lipinski definition) is 1. The van der Waals surface area contributed by atoms with E-state index in [4.69, 9.17) is 9.15 Å². The SMILES string of the molecule is Cc1cc(C)cc(Oc2cc(NC(=O)c3ccc(CN4CCCCC4)o3)cc([N+](=O)[O-])c2)c1. The number of ether oxygens (including phenoxy) is 1. The smallest absolute Gasteiger partial charge is 0.291 e. The van der Waals surface area contributed by atoms with E-state index < -0.39 is 10.8 Å². The molecule has 0 atom stereocenters. The van der Waals surface area contributed by atoms with Gasteiger partial charge in [-0.15, -0.1) is 0 Å². The van der Waals surface area contributed by atoms with Crippen molar-refractivity contribution in [1.82, 2.24) is 4.90 Å². The van der Waals surface area contributed by atoms with Gasteiger partial charge in [-0.1, -0.05) is 12.5 Å². The van der Waals surface area contributed by atoms with Crippen molar-refractivity contribution in [2.45, 2.75) is 39.7 Å². The average Bonchev–Trinajstić information content (AvgIpc) is 3.22. The van der Waals surface area contributed by atoms with E-state index in [2.05, 4.69) is 10.2 Å². The molecule has 0 spiro atoms. The number of hydrogen-bond acceptors (Lipinski definition) is 6. The van der Waals surface area contributed by atoms with Gasteiger partial charge in [0.15, 0.2) is 5.76 Å². The molecule has 172 valence electrons. The predicted molar refractivity (Wildman–Crippen MR) is 125 cm³/mol. The number of nitro groups is 1. The molecule has 0 bridgehead atoms. The summed E-state index contributed by atoms with van der Waals surface area (Å²) in [5.74, 6) is 1.23. The number of anilines is 1. The Kier molecular flexibility index (Phi) is 6.74. The first-order valence-corrected chi connectivity index (χ1v) is 11.0. The van der Waals surface area contributed by atoms with Crippen molar-refractivity contribution in [1.29, 1.82) is 0 Å². The topological polar surface area (TPSA) is 97.8 Å². The van der Waals surface area contributed by atoms with E-state index in [1.165, 1.54) is 31.4 Å². The Hall–Kier alpha value is -3.65. The van der Waals surface area contributed by atoms with Crippen LogP contribution in [0.3, 0.4) is 0 Å². The second-order valence-corrected chi connectivity index (χ2v) is 8.46. The number of amides is 1. The van der Waals surface area contributed by atoms with Crippen molar-refractivity contribution < 1.29 is 18.9 Å². The highest BCUT2D eigenvalue weighted by Gasteiger charge is 2.18. The molecule has 0 unspecified atom stereocenters. The Morgan fingerprint density at radius 1 is 1.03 bits per heavy atom. The van der Waals surface area contributed by atoms with E-state index in [0.717, 1.165) is 30.0 Å². The fraction of sp³-hybridized carbons (Fsp3) is 0.320. The number of nitrogens with one attached hydrogen (secondary N) is 1. The van der Waals surface area contributed by atoms with Crippen LogP contribution in [0.15, 0.2) is 52.9 Å². The number of carbonyl (C=O) groups is 1. The molecule has 1 aromatic heterocycles. The largest absolute Gasteiger partial charge is 0.457 e. The Balaban J connectivity index is 1.49. The maximum absolute atomic E-state index is 12.7. The minimum Gasteiger partial charge on any atom is -0.457 e. The van der Waals surface area contributed by atoms with Crippen LogP contribution in [0.25, 0.3) is 0 Å². The normalized spacial score (nSPS) is 14.1. The van der Waals surface area contributed by atoms with Gasteiger partial charge in [-0.3, -0.25) is 19.8 Å². The van der Waals surface area contributed by atoms with Crippen molar-refractivity contribution in [2.75, 3.05) is 18.4 Å². The van der Waals surface area contributed by atoms with E-state index >= 15 is 0 Å². The van der Waals surface area contributed by atoms with Crippen molar-refractivity contribution in [2.24, 2.45) is 0 Å². The zero-order valence-electron chi connectivity index (χ0n) is 18.8. The van der Waals surface area contributed by atoms with Gasteiger partial charge in [0.05, 0.1) is 23.2 Å². The van der Waals surface area contributed by atoms with E-state index in [1.807, 2.05) is 32.0 Å². The molecule has 1 aliphatic heterocycles. The molecule has 2 aromatic carbocycles. The van der Waals surface area contributed by atoms with Crippen LogP contribution in [0.4, 0.5) is 11.4 Å². The first-order valence-electron chi connectivity index (χ1n) is 11.0. The summed E-state index contributed by atoms with van der Waals surface area (Å²) in [7, 11) is 0. The number of likely N-dealkylation sites (tertiary alicyclic amines) is 1. The van der Waals surface area contributed by atoms with Gasteiger partial charge in [0.1, 0.15) is 17.3 Å². The van der Waals surface area contributed by atoms with Gasteiger partial charge in [-0.2, -0.15) is 0 Å². The standard InChI is InChI=1S/C25H27N3O5/c1-17-10-18(2)12-22(11-17)32-23-14-19(13-20(15-23)28(30)31)26-25(29)24-7-6-21(33-24)16-27-8-4-3-5-9-27/h6-7,10-15H,3-5,8-9,16H2,1-2H3,(H,26,29). The molecule has 3 aromatic rings. The number of piperidine rings is 1. The van der Waals surface area contributed by atoms with Crippen LogP contribution in [-0.4, -0.2) is 28.8 Å². The predicted octanol–water partition coefficient (Wildman–Crippen LogP) is 5.84. The molecule has 1 N–H and O–H groups in total. The average molecular weight is 450 g/mol. The minimum absolute atomic E-state index is 0.158. The number of nitrogens with zero attached hydrogens (tertiary/aromatic N) is 2. The summed E-state index contributed by atoms with van der Waals surface area (Å²) in [4.78, 5) is 25.9. The summed E-state index contributed by atoms with van der Waals surface area (Å²) in [5, 5.41) is 14.1. The van der Waals surface area contributed by atoms with E-state index in [0.29, 0.717) is 12.3 Å². The summed E-state index contributed by atoms with van der Waals surface area (Å²) in [6, 6.07) is 13.3. The number of non-ortho nitro benzene ring substituents is 1. The Morgan fingerprint density at radius 3 is 2.42 bits per heavy atom. The molecule has 1 saturated heterocycles. The van der Waals surface area contributed by atoms with Crippen LogP contribution in [0.2, 0.25) is 0 Å². The lowest BCUT2D eigenvalue weighted by atomic mass is 10.1. The van der Waals surface area contributed by atoms with Crippen LogP contribution in [0, 0.1) is 24.0 Å². The van der Waals surface area contributed by atoms with Gasteiger partial charge >= 0.3 is 0 Å². The van der Waals surface area contributed by atoms with Gasteiger partial charge in [0.25, 0.3) is 11.6 Å². The molecular weight excluding hydrogens is 422 g/mol. The Labute approximate surface area is 192 Å². The molecule has 0 saturated carbocycles.